The van der Waals surface area contributed by atoms with Crippen LogP contribution in [0.1, 0.15) is 49.7 Å². The third kappa shape index (κ3) is 4.68. The molecule has 4 nitrogen and oxygen atoms in total. The van der Waals surface area contributed by atoms with Crippen molar-refractivity contribution in [3.63, 3.8) is 0 Å². The Hall–Kier alpha value is -2.10. The van der Waals surface area contributed by atoms with Gasteiger partial charge in [-0.25, -0.2) is 4.98 Å². The highest BCUT2D eigenvalue weighted by atomic mass is 15.1. The van der Waals surface area contributed by atoms with E-state index in [2.05, 4.69) is 51.8 Å². The van der Waals surface area contributed by atoms with E-state index < -0.39 is 0 Å². The zero-order valence-corrected chi connectivity index (χ0v) is 13.9. The lowest BCUT2D eigenvalue weighted by Crippen LogP contribution is -2.20. The van der Waals surface area contributed by atoms with Crippen LogP contribution >= 0.6 is 0 Å². The molecule has 122 valence electrons. The van der Waals surface area contributed by atoms with Crippen LogP contribution in [0.5, 0.6) is 0 Å². The first kappa shape index (κ1) is 15.8. The first-order chi connectivity index (χ1) is 11.3. The van der Waals surface area contributed by atoms with E-state index in [4.69, 9.17) is 0 Å². The van der Waals surface area contributed by atoms with Crippen molar-refractivity contribution < 1.29 is 0 Å². The fourth-order valence-electron chi connectivity index (χ4n) is 3.13. The van der Waals surface area contributed by atoms with Crippen LogP contribution in [0.25, 0.3) is 0 Å². The highest BCUT2D eigenvalue weighted by molar-refractivity contribution is 5.41. The second-order valence-electron chi connectivity index (χ2n) is 6.38. The van der Waals surface area contributed by atoms with E-state index in [0.717, 1.165) is 18.3 Å². The van der Waals surface area contributed by atoms with Crippen LogP contribution < -0.4 is 10.6 Å². The fraction of sp³-hybridized carbons (Fsp3) is 0.474. The minimum atomic E-state index is 0.518. The van der Waals surface area contributed by atoms with Crippen LogP contribution in [0.15, 0.2) is 36.5 Å². The molecule has 1 fully saturated rings. The van der Waals surface area contributed by atoms with Crippen molar-refractivity contribution in [2.24, 2.45) is 0 Å². The van der Waals surface area contributed by atoms with Crippen LogP contribution in [0.2, 0.25) is 0 Å². The fourth-order valence-corrected chi connectivity index (χ4v) is 3.13. The third-order valence-corrected chi connectivity index (χ3v) is 4.57. The van der Waals surface area contributed by atoms with Gasteiger partial charge in [0, 0.05) is 18.8 Å². The maximum atomic E-state index is 4.61. The summed E-state index contributed by atoms with van der Waals surface area (Å²) in [5.74, 6) is 1.62. The van der Waals surface area contributed by atoms with Crippen LogP contribution in [-0.2, 0) is 6.54 Å². The number of hydrogen-bond donors (Lipinski definition) is 2. The Morgan fingerprint density at radius 3 is 2.61 bits per heavy atom. The number of aromatic nitrogens is 2. The Balaban J connectivity index is 1.59. The number of rotatable bonds is 5. The summed E-state index contributed by atoms with van der Waals surface area (Å²) in [4.78, 5) is 8.98. The largest absolute Gasteiger partial charge is 0.366 e. The molecule has 0 atom stereocenters. The molecule has 1 aromatic heterocycles. The zero-order valence-electron chi connectivity index (χ0n) is 13.9. The number of nitrogens with one attached hydrogen (secondary N) is 2. The Morgan fingerprint density at radius 2 is 1.83 bits per heavy atom. The van der Waals surface area contributed by atoms with Gasteiger partial charge in [-0.3, -0.25) is 0 Å². The van der Waals surface area contributed by atoms with Gasteiger partial charge < -0.3 is 10.6 Å². The van der Waals surface area contributed by atoms with Gasteiger partial charge in [-0.15, -0.1) is 0 Å². The summed E-state index contributed by atoms with van der Waals surface area (Å²) >= 11 is 0. The average Bonchev–Trinajstić information content (AvgIpc) is 2.83. The smallest absolute Gasteiger partial charge is 0.224 e. The van der Waals surface area contributed by atoms with Crippen molar-refractivity contribution in [2.45, 2.75) is 58.0 Å². The van der Waals surface area contributed by atoms with Gasteiger partial charge in [-0.05, 0) is 37.0 Å². The molecule has 4 heteroatoms. The summed E-state index contributed by atoms with van der Waals surface area (Å²) in [6, 6.07) is 10.9. The Kier molecular flexibility index (Phi) is 5.46. The van der Waals surface area contributed by atoms with Gasteiger partial charge in [0.1, 0.15) is 5.82 Å². The maximum absolute atomic E-state index is 4.61. The number of anilines is 2. The topological polar surface area (TPSA) is 49.8 Å². The molecule has 0 saturated heterocycles. The molecule has 0 unspecified atom stereocenters. The molecule has 0 spiro atoms. The molecule has 0 amide bonds. The highest BCUT2D eigenvalue weighted by Crippen LogP contribution is 2.20. The summed E-state index contributed by atoms with van der Waals surface area (Å²) in [6.07, 6.45) is 9.61. The Morgan fingerprint density at radius 1 is 1.04 bits per heavy atom. The van der Waals surface area contributed by atoms with Crippen molar-refractivity contribution in [2.75, 3.05) is 10.6 Å². The Bertz CT molecular complexity index is 618. The Labute approximate surface area is 138 Å². The predicted molar refractivity (Wildman–Crippen MR) is 95.7 cm³/mol. The van der Waals surface area contributed by atoms with Gasteiger partial charge in [0.2, 0.25) is 5.95 Å². The first-order valence-corrected chi connectivity index (χ1v) is 8.69. The van der Waals surface area contributed by atoms with Gasteiger partial charge in [-0.2, -0.15) is 4.98 Å². The first-order valence-electron chi connectivity index (χ1n) is 8.69. The lowest BCUT2D eigenvalue weighted by atomic mass is 10.1. The van der Waals surface area contributed by atoms with Gasteiger partial charge in [0.25, 0.3) is 0 Å². The zero-order chi connectivity index (χ0) is 15.9. The molecule has 1 aliphatic carbocycles. The molecule has 0 bridgehead atoms. The second kappa shape index (κ2) is 7.95. The summed E-state index contributed by atoms with van der Waals surface area (Å²) < 4.78 is 0. The van der Waals surface area contributed by atoms with Crippen molar-refractivity contribution in [1.82, 2.24) is 9.97 Å². The molecule has 1 heterocycles. The number of hydrogen-bond acceptors (Lipinski definition) is 4. The minimum Gasteiger partial charge on any atom is -0.366 e. The van der Waals surface area contributed by atoms with Crippen LogP contribution in [0.3, 0.4) is 0 Å². The molecular formula is C19H26N4. The van der Waals surface area contributed by atoms with E-state index in [1.807, 2.05) is 12.3 Å². The van der Waals surface area contributed by atoms with E-state index in [1.54, 1.807) is 0 Å². The molecule has 3 rings (SSSR count). The minimum absolute atomic E-state index is 0.518. The number of benzene rings is 1. The van der Waals surface area contributed by atoms with E-state index in [0.29, 0.717) is 6.04 Å². The summed E-state index contributed by atoms with van der Waals surface area (Å²) in [6.45, 7) is 2.92. The van der Waals surface area contributed by atoms with E-state index >= 15 is 0 Å². The quantitative estimate of drug-likeness (QED) is 0.797. The molecule has 1 aromatic carbocycles. The van der Waals surface area contributed by atoms with E-state index in [1.165, 1.54) is 49.7 Å². The third-order valence-electron chi connectivity index (χ3n) is 4.57. The van der Waals surface area contributed by atoms with Crippen LogP contribution in [0, 0.1) is 6.92 Å². The maximum Gasteiger partial charge on any atom is 0.224 e. The lowest BCUT2D eigenvalue weighted by Gasteiger charge is -2.16. The summed E-state index contributed by atoms with van der Waals surface area (Å²) in [5, 5.41) is 6.91. The number of nitrogens with zero attached hydrogens (tertiary/aromatic N) is 2. The van der Waals surface area contributed by atoms with Gasteiger partial charge in [-0.1, -0.05) is 49.9 Å². The van der Waals surface area contributed by atoms with E-state index in [-0.39, 0.29) is 0 Å². The van der Waals surface area contributed by atoms with Crippen molar-refractivity contribution in [1.29, 1.82) is 0 Å². The SMILES string of the molecule is Cc1ccccc1CNc1ccnc(NC2CCCCCC2)n1. The lowest BCUT2D eigenvalue weighted by molar-refractivity contribution is 0.615. The predicted octanol–water partition coefficient (Wildman–Crippen LogP) is 4.53. The normalized spacial score (nSPS) is 15.9. The summed E-state index contributed by atoms with van der Waals surface area (Å²) in [5.41, 5.74) is 2.59. The monoisotopic (exact) mass is 310 g/mol. The summed E-state index contributed by atoms with van der Waals surface area (Å²) in [7, 11) is 0. The number of aryl methyl sites for hydroxylation is 1. The second-order valence-corrected chi connectivity index (χ2v) is 6.38. The van der Waals surface area contributed by atoms with Crippen molar-refractivity contribution in [3.8, 4) is 0 Å². The molecule has 1 saturated carbocycles. The molecule has 23 heavy (non-hydrogen) atoms. The van der Waals surface area contributed by atoms with Crippen molar-refractivity contribution >= 4 is 11.8 Å². The van der Waals surface area contributed by atoms with Crippen LogP contribution in [-0.4, -0.2) is 16.0 Å². The molecule has 0 radical (unpaired) electrons. The molecular weight excluding hydrogens is 284 g/mol. The van der Waals surface area contributed by atoms with Crippen molar-refractivity contribution in [3.05, 3.63) is 47.7 Å². The van der Waals surface area contributed by atoms with Crippen LogP contribution in [0.4, 0.5) is 11.8 Å². The highest BCUT2D eigenvalue weighted by Gasteiger charge is 2.13. The average molecular weight is 310 g/mol. The van der Waals surface area contributed by atoms with Gasteiger partial charge >= 0.3 is 0 Å². The van der Waals surface area contributed by atoms with Gasteiger partial charge in [0.15, 0.2) is 0 Å². The molecule has 2 aromatic rings. The standard InChI is InChI=1S/C19H26N4/c1-15-8-6-7-9-16(15)14-21-18-12-13-20-19(23-18)22-17-10-4-2-3-5-11-17/h6-9,12-13,17H,2-5,10-11,14H2,1H3,(H2,20,21,22,23). The molecule has 1 aliphatic rings. The molecule has 2 N–H and O–H groups in total. The van der Waals surface area contributed by atoms with Gasteiger partial charge in [0.05, 0.1) is 0 Å². The molecule has 0 aliphatic heterocycles. The van der Waals surface area contributed by atoms with E-state index in [9.17, 15) is 0 Å².